The first kappa shape index (κ1) is 20.7. The molecule has 4 rings (SSSR count). The van der Waals surface area contributed by atoms with Gasteiger partial charge in [0.05, 0.1) is 12.3 Å². The van der Waals surface area contributed by atoms with Crippen LogP contribution >= 0.6 is 22.9 Å². The summed E-state index contributed by atoms with van der Waals surface area (Å²) in [6.07, 6.45) is 2.78. The third-order valence-electron chi connectivity index (χ3n) is 5.18. The SMILES string of the molecule is CCOC(=O)N1CCN(C(=O)CCc2csc3nc(-c4ccc(Cl)cc4)cn23)CC1. The summed E-state index contributed by atoms with van der Waals surface area (Å²) in [5, 5.41) is 2.75. The van der Waals surface area contributed by atoms with Crippen molar-refractivity contribution in [2.24, 2.45) is 0 Å². The number of hydrogen-bond donors (Lipinski definition) is 0. The number of nitrogens with zero attached hydrogens (tertiary/aromatic N) is 4. The van der Waals surface area contributed by atoms with Crippen LogP contribution in [0.2, 0.25) is 5.02 Å². The van der Waals surface area contributed by atoms with Crippen molar-refractivity contribution in [3.05, 3.63) is 46.6 Å². The van der Waals surface area contributed by atoms with Gasteiger partial charge in [-0.05, 0) is 25.5 Å². The predicted octanol–water partition coefficient (Wildman–Crippen LogP) is 3.95. The summed E-state index contributed by atoms with van der Waals surface area (Å²) in [4.78, 5) is 33.5. The first-order valence-electron chi connectivity index (χ1n) is 9.96. The normalized spacial score (nSPS) is 14.3. The highest BCUT2D eigenvalue weighted by molar-refractivity contribution is 7.15. The Hall–Kier alpha value is -2.58. The van der Waals surface area contributed by atoms with Gasteiger partial charge in [0.15, 0.2) is 4.96 Å². The van der Waals surface area contributed by atoms with Crippen molar-refractivity contribution in [3.8, 4) is 11.3 Å². The van der Waals surface area contributed by atoms with E-state index in [9.17, 15) is 9.59 Å². The highest BCUT2D eigenvalue weighted by Crippen LogP contribution is 2.25. The van der Waals surface area contributed by atoms with Gasteiger partial charge in [-0.25, -0.2) is 9.78 Å². The Bertz CT molecular complexity index is 1040. The van der Waals surface area contributed by atoms with Gasteiger partial charge in [-0.1, -0.05) is 23.7 Å². The largest absolute Gasteiger partial charge is 0.450 e. The molecule has 3 aromatic rings. The smallest absolute Gasteiger partial charge is 0.409 e. The van der Waals surface area contributed by atoms with Crippen LogP contribution in [-0.2, 0) is 16.0 Å². The van der Waals surface area contributed by atoms with Crippen LogP contribution in [0.3, 0.4) is 0 Å². The van der Waals surface area contributed by atoms with Gasteiger partial charge < -0.3 is 14.5 Å². The molecule has 0 radical (unpaired) electrons. The molecule has 0 aliphatic carbocycles. The predicted molar refractivity (Wildman–Crippen MR) is 117 cm³/mol. The zero-order valence-corrected chi connectivity index (χ0v) is 18.3. The van der Waals surface area contributed by atoms with Crippen LogP contribution in [-0.4, -0.2) is 64.0 Å². The number of piperazine rings is 1. The number of rotatable bonds is 5. The molecule has 0 unspecified atom stereocenters. The minimum Gasteiger partial charge on any atom is -0.450 e. The molecular weight excluding hydrogens is 424 g/mol. The molecule has 30 heavy (non-hydrogen) atoms. The summed E-state index contributed by atoms with van der Waals surface area (Å²) in [6.45, 7) is 4.27. The number of aryl methyl sites for hydroxylation is 1. The van der Waals surface area contributed by atoms with Crippen LogP contribution in [0.5, 0.6) is 0 Å². The van der Waals surface area contributed by atoms with E-state index in [1.54, 1.807) is 23.2 Å². The lowest BCUT2D eigenvalue weighted by atomic mass is 10.2. The molecule has 0 saturated carbocycles. The van der Waals surface area contributed by atoms with Crippen molar-refractivity contribution >= 4 is 39.9 Å². The molecule has 0 spiro atoms. The fourth-order valence-corrected chi connectivity index (χ4v) is 4.55. The van der Waals surface area contributed by atoms with E-state index < -0.39 is 0 Å². The highest BCUT2D eigenvalue weighted by atomic mass is 35.5. The Labute approximate surface area is 183 Å². The first-order chi connectivity index (χ1) is 14.5. The Balaban J connectivity index is 1.35. The van der Waals surface area contributed by atoms with E-state index in [-0.39, 0.29) is 12.0 Å². The number of carbonyl (C=O) groups excluding carboxylic acids is 2. The first-order valence-corrected chi connectivity index (χ1v) is 11.2. The molecule has 0 N–H and O–H groups in total. The monoisotopic (exact) mass is 446 g/mol. The van der Waals surface area contributed by atoms with Crippen molar-refractivity contribution in [2.45, 2.75) is 19.8 Å². The van der Waals surface area contributed by atoms with Gasteiger partial charge in [-0.15, -0.1) is 11.3 Å². The zero-order chi connectivity index (χ0) is 21.1. The van der Waals surface area contributed by atoms with Crippen LogP contribution in [0.15, 0.2) is 35.8 Å². The van der Waals surface area contributed by atoms with Gasteiger partial charge in [0, 0.05) is 60.5 Å². The average molecular weight is 447 g/mol. The van der Waals surface area contributed by atoms with Gasteiger partial charge in [-0.3, -0.25) is 9.20 Å². The second-order valence-corrected chi connectivity index (χ2v) is 8.35. The molecule has 1 fully saturated rings. The summed E-state index contributed by atoms with van der Waals surface area (Å²) < 4.78 is 7.08. The fraction of sp³-hybridized carbons (Fsp3) is 0.381. The lowest BCUT2D eigenvalue weighted by molar-refractivity contribution is -0.132. The van der Waals surface area contributed by atoms with Crippen molar-refractivity contribution in [1.29, 1.82) is 0 Å². The van der Waals surface area contributed by atoms with Gasteiger partial charge in [-0.2, -0.15) is 0 Å². The van der Waals surface area contributed by atoms with Crippen molar-refractivity contribution < 1.29 is 14.3 Å². The maximum atomic E-state index is 12.6. The number of aromatic nitrogens is 2. The molecule has 1 aliphatic rings. The van der Waals surface area contributed by atoms with E-state index in [4.69, 9.17) is 16.3 Å². The minimum atomic E-state index is -0.304. The molecule has 2 amide bonds. The van der Waals surface area contributed by atoms with Gasteiger partial charge in [0.1, 0.15) is 0 Å². The molecule has 2 aromatic heterocycles. The number of imidazole rings is 1. The molecule has 0 bridgehead atoms. The summed E-state index contributed by atoms with van der Waals surface area (Å²) in [6, 6.07) is 7.61. The van der Waals surface area contributed by atoms with E-state index in [1.165, 1.54) is 0 Å². The number of carbonyl (C=O) groups is 2. The van der Waals surface area contributed by atoms with E-state index in [0.717, 1.165) is 21.9 Å². The third kappa shape index (κ3) is 4.44. The van der Waals surface area contributed by atoms with Crippen molar-refractivity contribution in [1.82, 2.24) is 19.2 Å². The Morgan fingerprint density at radius 3 is 2.53 bits per heavy atom. The number of thiazole rings is 1. The molecular formula is C21H23ClN4O3S. The third-order valence-corrected chi connectivity index (χ3v) is 6.32. The fourth-order valence-electron chi connectivity index (χ4n) is 3.52. The van der Waals surface area contributed by atoms with Gasteiger partial charge in [0.25, 0.3) is 0 Å². The van der Waals surface area contributed by atoms with E-state index in [2.05, 4.69) is 14.8 Å². The summed E-state index contributed by atoms with van der Waals surface area (Å²) >= 11 is 7.54. The molecule has 9 heteroatoms. The second-order valence-electron chi connectivity index (χ2n) is 7.08. The standard InChI is InChI=1S/C21H23ClN4O3S/c1-2-29-21(28)25-11-9-24(10-12-25)19(27)8-7-17-14-30-20-23-18(13-26(17)20)15-3-5-16(22)6-4-15/h3-6,13-14H,2,7-12H2,1H3. The average Bonchev–Trinajstić information content (AvgIpc) is 3.34. The Morgan fingerprint density at radius 1 is 1.13 bits per heavy atom. The van der Waals surface area contributed by atoms with Crippen LogP contribution in [0.4, 0.5) is 4.79 Å². The van der Waals surface area contributed by atoms with E-state index >= 15 is 0 Å². The van der Waals surface area contributed by atoms with Crippen LogP contribution in [0, 0.1) is 0 Å². The Kier molecular flexibility index (Phi) is 6.24. The number of ether oxygens (including phenoxy) is 1. The van der Waals surface area contributed by atoms with Crippen LogP contribution in [0.25, 0.3) is 16.2 Å². The highest BCUT2D eigenvalue weighted by Gasteiger charge is 2.24. The molecule has 1 aliphatic heterocycles. The van der Waals surface area contributed by atoms with Crippen LogP contribution < -0.4 is 0 Å². The van der Waals surface area contributed by atoms with Gasteiger partial charge >= 0.3 is 6.09 Å². The molecule has 1 aromatic carbocycles. The zero-order valence-electron chi connectivity index (χ0n) is 16.7. The number of halogens is 1. The lowest BCUT2D eigenvalue weighted by Gasteiger charge is -2.34. The number of amides is 2. The summed E-state index contributed by atoms with van der Waals surface area (Å²) in [5.41, 5.74) is 2.97. The topological polar surface area (TPSA) is 67.2 Å². The number of hydrogen-bond acceptors (Lipinski definition) is 5. The maximum absolute atomic E-state index is 12.6. The quantitative estimate of drug-likeness (QED) is 0.595. The summed E-state index contributed by atoms with van der Waals surface area (Å²) in [5.74, 6) is 0.107. The second kappa shape index (κ2) is 9.06. The minimum absolute atomic E-state index is 0.107. The Morgan fingerprint density at radius 2 is 1.83 bits per heavy atom. The molecule has 1 saturated heterocycles. The van der Waals surface area contributed by atoms with Gasteiger partial charge in [0.2, 0.25) is 5.91 Å². The molecule has 3 heterocycles. The summed E-state index contributed by atoms with van der Waals surface area (Å²) in [7, 11) is 0. The lowest BCUT2D eigenvalue weighted by Crippen LogP contribution is -2.50. The molecule has 158 valence electrons. The van der Waals surface area contributed by atoms with E-state index in [0.29, 0.717) is 50.7 Å². The number of benzene rings is 1. The molecule has 7 nitrogen and oxygen atoms in total. The molecule has 0 atom stereocenters. The van der Waals surface area contributed by atoms with E-state index in [1.807, 2.05) is 35.4 Å². The maximum Gasteiger partial charge on any atom is 0.409 e. The van der Waals surface area contributed by atoms with Crippen LogP contribution in [0.1, 0.15) is 19.0 Å². The van der Waals surface area contributed by atoms with Crippen molar-refractivity contribution in [3.63, 3.8) is 0 Å². The van der Waals surface area contributed by atoms with Crippen molar-refractivity contribution in [2.75, 3.05) is 32.8 Å². The number of fused-ring (bicyclic) bond motifs is 1.